The van der Waals surface area contributed by atoms with E-state index in [1.54, 1.807) is 37.8 Å². The van der Waals surface area contributed by atoms with E-state index in [0.717, 1.165) is 5.56 Å². The minimum absolute atomic E-state index is 0.0334. The number of likely N-dealkylation sites (tertiary alicyclic amines) is 1. The number of hydrogen-bond donors (Lipinski definition) is 0. The molecule has 4 nitrogen and oxygen atoms in total. The molecule has 0 N–H and O–H groups in total. The van der Waals surface area contributed by atoms with Gasteiger partial charge in [-0.05, 0) is 44.9 Å². The van der Waals surface area contributed by atoms with Gasteiger partial charge in [0.15, 0.2) is 9.84 Å². The minimum Gasteiger partial charge on any atom is -0.341 e. The van der Waals surface area contributed by atoms with E-state index in [-0.39, 0.29) is 12.3 Å². The van der Waals surface area contributed by atoms with Crippen molar-refractivity contribution in [3.05, 3.63) is 34.9 Å². The van der Waals surface area contributed by atoms with Crippen molar-refractivity contribution in [2.24, 2.45) is 0 Å². The summed E-state index contributed by atoms with van der Waals surface area (Å²) in [7, 11) is -3.23. The number of halogens is 1. The minimum atomic E-state index is -3.23. The van der Waals surface area contributed by atoms with E-state index >= 15 is 0 Å². The average Bonchev–Trinajstić information content (AvgIpc) is 2.90. The largest absolute Gasteiger partial charge is 0.341 e. The third kappa shape index (κ3) is 3.63. The first-order valence-electron chi connectivity index (χ1n) is 7.37. The van der Waals surface area contributed by atoms with E-state index in [0.29, 0.717) is 24.5 Å². The fourth-order valence-corrected chi connectivity index (χ4v) is 4.51. The summed E-state index contributed by atoms with van der Waals surface area (Å²) < 4.78 is 24.1. The first kappa shape index (κ1) is 17.3. The molecule has 1 fully saturated rings. The molecule has 0 saturated carbocycles. The van der Waals surface area contributed by atoms with Gasteiger partial charge in [0.1, 0.15) is 0 Å². The summed E-state index contributed by atoms with van der Waals surface area (Å²) in [4.78, 5) is 14.0. The summed E-state index contributed by atoms with van der Waals surface area (Å²) in [5.74, 6) is -0.0334. The monoisotopic (exact) mass is 343 g/mol. The molecule has 1 saturated heterocycles. The number of sulfone groups is 1. The maximum absolute atomic E-state index is 12.5. The number of amides is 1. The van der Waals surface area contributed by atoms with Gasteiger partial charge in [0, 0.05) is 18.1 Å². The zero-order chi connectivity index (χ0) is 16.5. The van der Waals surface area contributed by atoms with Crippen molar-refractivity contribution in [3.8, 4) is 0 Å². The van der Waals surface area contributed by atoms with Crippen LogP contribution in [0.5, 0.6) is 0 Å². The summed E-state index contributed by atoms with van der Waals surface area (Å²) in [5.41, 5.74) is 0.886. The summed E-state index contributed by atoms with van der Waals surface area (Å²) in [5, 5.41) is 0.176. The predicted octanol–water partition coefficient (Wildman–Crippen LogP) is 2.70. The van der Waals surface area contributed by atoms with Crippen molar-refractivity contribution < 1.29 is 13.2 Å². The fraction of sp³-hybridized carbons (Fsp3) is 0.562. The number of hydrogen-bond acceptors (Lipinski definition) is 3. The maximum atomic E-state index is 12.5. The van der Waals surface area contributed by atoms with Gasteiger partial charge in [0.2, 0.25) is 5.91 Å². The summed E-state index contributed by atoms with van der Waals surface area (Å²) >= 11 is 5.83. The normalized spacial score (nSPS) is 19.5. The van der Waals surface area contributed by atoms with Crippen molar-refractivity contribution in [1.82, 2.24) is 4.90 Å². The van der Waals surface area contributed by atoms with Crippen molar-refractivity contribution in [3.63, 3.8) is 0 Å². The SMILES string of the molecule is CC(C)(C)S(=O)(=O)[C@H]1CCN(C(=O)Cc2ccc(Cl)cc2)C1. The second-order valence-corrected chi connectivity index (χ2v) is 10.1. The summed E-state index contributed by atoms with van der Waals surface area (Å²) in [6.07, 6.45) is 0.797. The molecule has 0 radical (unpaired) electrons. The van der Waals surface area contributed by atoms with Crippen molar-refractivity contribution >= 4 is 27.3 Å². The average molecular weight is 344 g/mol. The molecule has 0 bridgehead atoms. The second kappa shape index (κ2) is 6.20. The van der Waals surface area contributed by atoms with E-state index in [1.807, 2.05) is 12.1 Å². The van der Waals surface area contributed by atoms with E-state index < -0.39 is 19.8 Å². The van der Waals surface area contributed by atoms with Crippen LogP contribution in [0.2, 0.25) is 5.02 Å². The van der Waals surface area contributed by atoms with Gasteiger partial charge in [0.25, 0.3) is 0 Å². The van der Waals surface area contributed by atoms with Crippen LogP contribution >= 0.6 is 11.6 Å². The molecule has 1 amide bonds. The number of rotatable bonds is 3. The number of benzene rings is 1. The van der Waals surface area contributed by atoms with Crippen LogP contribution < -0.4 is 0 Å². The first-order chi connectivity index (χ1) is 10.1. The highest BCUT2D eigenvalue weighted by molar-refractivity contribution is 7.93. The molecule has 6 heteroatoms. The lowest BCUT2D eigenvalue weighted by molar-refractivity contribution is -0.129. The third-order valence-electron chi connectivity index (χ3n) is 4.06. The Morgan fingerprint density at radius 1 is 1.27 bits per heavy atom. The molecule has 2 rings (SSSR count). The third-order valence-corrected chi connectivity index (χ3v) is 7.28. The van der Waals surface area contributed by atoms with Gasteiger partial charge >= 0.3 is 0 Å². The molecule has 1 aromatic carbocycles. The molecular formula is C16H22ClNO3S. The van der Waals surface area contributed by atoms with Crippen LogP contribution in [0.25, 0.3) is 0 Å². The van der Waals surface area contributed by atoms with Gasteiger partial charge in [-0.25, -0.2) is 8.42 Å². The molecule has 1 aliphatic heterocycles. The molecule has 122 valence electrons. The first-order valence-corrected chi connectivity index (χ1v) is 9.29. The quantitative estimate of drug-likeness (QED) is 0.847. The van der Waals surface area contributed by atoms with Crippen molar-refractivity contribution in [2.75, 3.05) is 13.1 Å². The second-order valence-electron chi connectivity index (χ2n) is 6.71. The Bertz CT molecular complexity index is 647. The Labute approximate surface area is 137 Å². The summed E-state index contributed by atoms with van der Waals surface area (Å²) in [6.45, 7) is 5.93. The lowest BCUT2D eigenvalue weighted by Crippen LogP contribution is -2.40. The van der Waals surface area contributed by atoms with E-state index in [9.17, 15) is 13.2 Å². The molecule has 1 aromatic rings. The molecule has 0 aromatic heterocycles. The maximum Gasteiger partial charge on any atom is 0.227 e. The van der Waals surface area contributed by atoms with Gasteiger partial charge < -0.3 is 4.90 Å². The summed E-state index contributed by atoms with van der Waals surface area (Å²) in [6, 6.07) is 7.14. The zero-order valence-electron chi connectivity index (χ0n) is 13.2. The molecule has 1 atom stereocenters. The van der Waals surface area contributed by atoms with Crippen LogP contribution in [-0.2, 0) is 21.1 Å². The van der Waals surface area contributed by atoms with E-state index in [2.05, 4.69) is 0 Å². The Kier molecular flexibility index (Phi) is 4.87. The lowest BCUT2D eigenvalue weighted by Gasteiger charge is -2.24. The van der Waals surface area contributed by atoms with Gasteiger partial charge in [0.05, 0.1) is 16.4 Å². The fourth-order valence-electron chi connectivity index (χ4n) is 2.60. The molecule has 0 spiro atoms. The molecular weight excluding hydrogens is 322 g/mol. The molecule has 1 aliphatic rings. The van der Waals surface area contributed by atoms with Gasteiger partial charge in [-0.2, -0.15) is 0 Å². The Morgan fingerprint density at radius 2 is 1.86 bits per heavy atom. The standard InChI is InChI=1S/C16H22ClNO3S/c1-16(2,3)22(20,21)14-8-9-18(11-14)15(19)10-12-4-6-13(17)7-5-12/h4-7,14H,8-11H2,1-3H3/t14-/m0/s1. The Balaban J connectivity index is 2.01. The topological polar surface area (TPSA) is 54.5 Å². The highest BCUT2D eigenvalue weighted by Gasteiger charge is 2.41. The highest BCUT2D eigenvalue weighted by Crippen LogP contribution is 2.27. The highest BCUT2D eigenvalue weighted by atomic mass is 35.5. The molecule has 22 heavy (non-hydrogen) atoms. The Hall–Kier alpha value is -1.07. The van der Waals surface area contributed by atoms with Gasteiger partial charge in [-0.1, -0.05) is 23.7 Å². The van der Waals surface area contributed by atoms with Gasteiger partial charge in [-0.15, -0.1) is 0 Å². The van der Waals surface area contributed by atoms with Crippen LogP contribution in [-0.4, -0.2) is 42.3 Å². The number of nitrogens with zero attached hydrogens (tertiary/aromatic N) is 1. The molecule has 0 aliphatic carbocycles. The van der Waals surface area contributed by atoms with Crippen LogP contribution in [0.15, 0.2) is 24.3 Å². The van der Waals surface area contributed by atoms with Crippen LogP contribution in [0.1, 0.15) is 32.8 Å². The Morgan fingerprint density at radius 3 is 2.41 bits per heavy atom. The van der Waals surface area contributed by atoms with Crippen molar-refractivity contribution in [1.29, 1.82) is 0 Å². The van der Waals surface area contributed by atoms with Crippen LogP contribution in [0.4, 0.5) is 0 Å². The van der Waals surface area contributed by atoms with E-state index in [1.165, 1.54) is 0 Å². The smallest absolute Gasteiger partial charge is 0.227 e. The van der Waals surface area contributed by atoms with Crippen LogP contribution in [0.3, 0.4) is 0 Å². The molecule has 1 heterocycles. The number of carbonyl (C=O) groups excluding carboxylic acids is 1. The van der Waals surface area contributed by atoms with Crippen molar-refractivity contribution in [2.45, 2.75) is 43.6 Å². The molecule has 0 unspecified atom stereocenters. The van der Waals surface area contributed by atoms with Crippen LogP contribution in [0, 0.1) is 0 Å². The van der Waals surface area contributed by atoms with E-state index in [4.69, 9.17) is 11.6 Å². The lowest BCUT2D eigenvalue weighted by atomic mass is 10.1. The predicted molar refractivity (Wildman–Crippen MR) is 88.8 cm³/mol. The number of carbonyl (C=O) groups is 1. The van der Waals surface area contributed by atoms with Gasteiger partial charge in [-0.3, -0.25) is 4.79 Å². The zero-order valence-corrected chi connectivity index (χ0v) is 14.7.